The Morgan fingerprint density at radius 2 is 2.10 bits per heavy atom. The molecule has 0 bridgehead atoms. The van der Waals surface area contributed by atoms with E-state index >= 15 is 0 Å². The Hall–Kier alpha value is -2.16. The van der Waals surface area contributed by atoms with E-state index in [1.54, 1.807) is 0 Å². The minimum Gasteiger partial charge on any atom is -0.481 e. The number of aliphatic carboxylic acids is 1. The fourth-order valence-corrected chi connectivity index (χ4v) is 1.71. The van der Waals surface area contributed by atoms with E-state index < -0.39 is 42.7 Å². The van der Waals surface area contributed by atoms with Gasteiger partial charge in [-0.3, -0.25) is 9.59 Å². The van der Waals surface area contributed by atoms with Gasteiger partial charge in [0.2, 0.25) is 5.91 Å². The van der Waals surface area contributed by atoms with Crippen molar-refractivity contribution in [3.63, 3.8) is 0 Å². The number of ether oxygens (including phenoxy) is 1. The molecule has 0 radical (unpaired) electrons. The van der Waals surface area contributed by atoms with Gasteiger partial charge in [-0.1, -0.05) is 15.9 Å². The van der Waals surface area contributed by atoms with Crippen molar-refractivity contribution in [1.82, 2.24) is 5.32 Å². The van der Waals surface area contributed by atoms with Gasteiger partial charge in [0.05, 0.1) is 6.42 Å². The van der Waals surface area contributed by atoms with Crippen LogP contribution in [0.2, 0.25) is 0 Å². The molecule has 4 N–H and O–H groups in total. The van der Waals surface area contributed by atoms with Crippen molar-refractivity contribution in [2.75, 3.05) is 6.61 Å². The van der Waals surface area contributed by atoms with Crippen molar-refractivity contribution in [3.05, 3.63) is 28.5 Å². The third kappa shape index (κ3) is 5.78. The van der Waals surface area contributed by atoms with Crippen LogP contribution in [0.3, 0.4) is 0 Å². The fraction of sp³-hybridized carbons (Fsp3) is 0.250. The van der Waals surface area contributed by atoms with Crippen molar-refractivity contribution in [1.29, 1.82) is 0 Å². The first-order chi connectivity index (χ1) is 9.79. The molecule has 0 heterocycles. The smallest absolute Gasteiger partial charge is 0.326 e. The molecule has 7 nitrogen and oxygen atoms in total. The number of carbonyl (C=O) groups is 3. The Kier molecular flexibility index (Phi) is 6.10. The molecule has 1 aromatic carbocycles. The number of primary amides is 1. The summed E-state index contributed by atoms with van der Waals surface area (Å²) in [5, 5.41) is 10.9. The molecule has 0 aliphatic carbocycles. The van der Waals surface area contributed by atoms with E-state index in [4.69, 9.17) is 15.6 Å². The largest absolute Gasteiger partial charge is 0.481 e. The van der Waals surface area contributed by atoms with Gasteiger partial charge in [0.25, 0.3) is 5.91 Å². The van der Waals surface area contributed by atoms with E-state index in [0.717, 1.165) is 6.07 Å². The number of carbonyl (C=O) groups excluding carboxylic acids is 2. The normalized spacial score (nSPS) is 11.5. The molecule has 1 atom stereocenters. The molecule has 2 amide bonds. The molecule has 114 valence electrons. The molecular weight excluding hydrogens is 351 g/mol. The SMILES string of the molecule is NC(=O)C[C@H](NC(=O)COc1ccc(Br)cc1F)C(=O)O. The predicted molar refractivity (Wildman–Crippen MR) is 73.0 cm³/mol. The van der Waals surface area contributed by atoms with Gasteiger partial charge in [-0.2, -0.15) is 0 Å². The van der Waals surface area contributed by atoms with Gasteiger partial charge in [0.1, 0.15) is 6.04 Å². The summed E-state index contributed by atoms with van der Waals surface area (Å²) in [6.07, 6.45) is -0.548. The number of carboxylic acids is 1. The Bertz CT molecular complexity index is 567. The number of hydrogen-bond acceptors (Lipinski definition) is 4. The van der Waals surface area contributed by atoms with Gasteiger partial charge in [0, 0.05) is 4.47 Å². The van der Waals surface area contributed by atoms with E-state index in [9.17, 15) is 18.8 Å². The second-order valence-electron chi connectivity index (χ2n) is 3.99. The van der Waals surface area contributed by atoms with Crippen LogP contribution in [-0.4, -0.2) is 35.5 Å². The van der Waals surface area contributed by atoms with Crippen LogP contribution >= 0.6 is 15.9 Å². The zero-order chi connectivity index (χ0) is 16.0. The highest BCUT2D eigenvalue weighted by molar-refractivity contribution is 9.10. The van der Waals surface area contributed by atoms with Crippen molar-refractivity contribution in [3.8, 4) is 5.75 Å². The maximum atomic E-state index is 13.4. The molecule has 1 rings (SSSR count). The average Bonchev–Trinajstić information content (AvgIpc) is 2.36. The summed E-state index contributed by atoms with van der Waals surface area (Å²) in [5.41, 5.74) is 4.87. The van der Waals surface area contributed by atoms with Gasteiger partial charge in [0.15, 0.2) is 18.2 Å². The van der Waals surface area contributed by atoms with E-state index in [0.29, 0.717) is 4.47 Å². The third-order valence-corrected chi connectivity index (χ3v) is 2.78. The number of benzene rings is 1. The summed E-state index contributed by atoms with van der Waals surface area (Å²) in [4.78, 5) is 33.0. The summed E-state index contributed by atoms with van der Waals surface area (Å²) < 4.78 is 18.8. The lowest BCUT2D eigenvalue weighted by Gasteiger charge is -2.13. The van der Waals surface area contributed by atoms with Crippen LogP contribution in [0.4, 0.5) is 4.39 Å². The number of halogens is 2. The summed E-state index contributed by atoms with van der Waals surface area (Å²) in [5.74, 6) is -3.93. The fourth-order valence-electron chi connectivity index (χ4n) is 1.37. The standard InChI is InChI=1S/C12H12BrFN2O5/c13-6-1-2-9(7(14)3-6)21-5-11(18)16-8(12(19)20)4-10(15)17/h1-3,8H,4-5H2,(H2,15,17)(H,16,18)(H,19,20)/t8-/m0/s1. The lowest BCUT2D eigenvalue weighted by atomic mass is 10.2. The quantitative estimate of drug-likeness (QED) is 0.649. The van der Waals surface area contributed by atoms with Crippen molar-refractivity contribution in [2.45, 2.75) is 12.5 Å². The number of carboxylic acid groups (broad SMARTS) is 1. The second-order valence-corrected chi connectivity index (χ2v) is 4.91. The molecule has 0 spiro atoms. The molecule has 0 saturated heterocycles. The number of hydrogen-bond donors (Lipinski definition) is 3. The van der Waals surface area contributed by atoms with Gasteiger partial charge in [-0.25, -0.2) is 9.18 Å². The zero-order valence-electron chi connectivity index (χ0n) is 10.6. The molecule has 21 heavy (non-hydrogen) atoms. The number of nitrogens with two attached hydrogens (primary N) is 1. The molecule has 0 unspecified atom stereocenters. The maximum Gasteiger partial charge on any atom is 0.326 e. The lowest BCUT2D eigenvalue weighted by molar-refractivity contribution is -0.143. The van der Waals surface area contributed by atoms with E-state index in [2.05, 4.69) is 21.2 Å². The molecule has 9 heteroatoms. The molecule has 0 aliphatic rings. The molecule has 0 aliphatic heterocycles. The van der Waals surface area contributed by atoms with Crippen LogP contribution in [-0.2, 0) is 14.4 Å². The van der Waals surface area contributed by atoms with Gasteiger partial charge in [-0.15, -0.1) is 0 Å². The van der Waals surface area contributed by atoms with Crippen LogP contribution in [0.1, 0.15) is 6.42 Å². The first-order valence-corrected chi connectivity index (χ1v) is 6.47. The number of rotatable bonds is 7. The summed E-state index contributed by atoms with van der Waals surface area (Å²) in [7, 11) is 0. The highest BCUT2D eigenvalue weighted by Crippen LogP contribution is 2.21. The molecule has 0 aromatic heterocycles. The number of amides is 2. The van der Waals surface area contributed by atoms with Gasteiger partial charge >= 0.3 is 5.97 Å². The Balaban J connectivity index is 2.56. The Labute approximate surface area is 127 Å². The molecule has 1 aromatic rings. The lowest BCUT2D eigenvalue weighted by Crippen LogP contribution is -2.45. The second kappa shape index (κ2) is 7.58. The summed E-state index contributed by atoms with van der Waals surface area (Å²) in [6, 6.07) is 2.53. The van der Waals surface area contributed by atoms with E-state index in [-0.39, 0.29) is 5.75 Å². The average molecular weight is 363 g/mol. The highest BCUT2D eigenvalue weighted by atomic mass is 79.9. The van der Waals surface area contributed by atoms with Crippen molar-refractivity contribution >= 4 is 33.7 Å². The minimum atomic E-state index is -1.45. The Morgan fingerprint density at radius 1 is 1.43 bits per heavy atom. The van der Waals surface area contributed by atoms with Crippen molar-refractivity contribution in [2.24, 2.45) is 5.73 Å². The van der Waals surface area contributed by atoms with Crippen LogP contribution in [0, 0.1) is 5.82 Å². The molecular formula is C12H12BrFN2O5. The summed E-state index contributed by atoms with van der Waals surface area (Å²) >= 11 is 3.06. The van der Waals surface area contributed by atoms with Crippen LogP contribution in [0.15, 0.2) is 22.7 Å². The van der Waals surface area contributed by atoms with Gasteiger partial charge < -0.3 is 20.9 Å². The van der Waals surface area contributed by atoms with Crippen LogP contribution in [0.25, 0.3) is 0 Å². The highest BCUT2D eigenvalue weighted by Gasteiger charge is 2.22. The first kappa shape index (κ1) is 16.9. The van der Waals surface area contributed by atoms with E-state index in [1.807, 2.05) is 0 Å². The third-order valence-electron chi connectivity index (χ3n) is 2.29. The van der Waals surface area contributed by atoms with Crippen LogP contribution in [0.5, 0.6) is 5.75 Å². The van der Waals surface area contributed by atoms with E-state index in [1.165, 1.54) is 12.1 Å². The van der Waals surface area contributed by atoms with Crippen molar-refractivity contribution < 1.29 is 28.6 Å². The maximum absolute atomic E-state index is 13.4. The predicted octanol–water partition coefficient (Wildman–Crippen LogP) is 0.412. The summed E-state index contributed by atoms with van der Waals surface area (Å²) in [6.45, 7) is -0.596. The van der Waals surface area contributed by atoms with Gasteiger partial charge in [-0.05, 0) is 18.2 Å². The first-order valence-electron chi connectivity index (χ1n) is 5.68. The minimum absolute atomic E-state index is 0.157. The molecule has 0 fully saturated rings. The molecule has 0 saturated carbocycles. The van der Waals surface area contributed by atoms with Crippen LogP contribution < -0.4 is 15.8 Å². The monoisotopic (exact) mass is 362 g/mol. The number of nitrogens with one attached hydrogen (secondary N) is 1. The zero-order valence-corrected chi connectivity index (χ0v) is 12.2. The topological polar surface area (TPSA) is 119 Å². The Morgan fingerprint density at radius 3 is 2.62 bits per heavy atom.